The summed E-state index contributed by atoms with van der Waals surface area (Å²) in [7, 11) is 2.02. The number of likely N-dealkylation sites (N-methyl/N-ethyl adjacent to an activating group) is 1. The monoisotopic (exact) mass is 260 g/mol. The van der Waals surface area contributed by atoms with Crippen LogP contribution in [0.15, 0.2) is 0 Å². The molecule has 0 spiro atoms. The van der Waals surface area contributed by atoms with Crippen molar-refractivity contribution in [2.24, 2.45) is 5.84 Å². The smallest absolute Gasteiger partial charge is 0.240 e. The van der Waals surface area contributed by atoms with Crippen molar-refractivity contribution >= 4 is 23.4 Å². The van der Waals surface area contributed by atoms with Crippen molar-refractivity contribution in [1.82, 2.24) is 14.9 Å². The Bertz CT molecular complexity index is 407. The van der Waals surface area contributed by atoms with E-state index >= 15 is 0 Å². The van der Waals surface area contributed by atoms with Crippen LogP contribution in [-0.2, 0) is 0 Å². The molecule has 1 saturated heterocycles. The second-order valence-electron chi connectivity index (χ2n) is 3.91. The first-order valence-electron chi connectivity index (χ1n) is 5.25. The first kappa shape index (κ1) is 12.3. The van der Waals surface area contributed by atoms with Crippen molar-refractivity contribution in [3.63, 3.8) is 0 Å². The van der Waals surface area contributed by atoms with Gasteiger partial charge in [0.2, 0.25) is 11.8 Å². The van der Waals surface area contributed by atoms with Crippen LogP contribution in [0, 0.1) is 5.82 Å². The summed E-state index contributed by atoms with van der Waals surface area (Å²) in [5.74, 6) is 4.92. The summed E-state index contributed by atoms with van der Waals surface area (Å²) in [4.78, 5) is 11.7. The van der Waals surface area contributed by atoms with Gasteiger partial charge in [0.05, 0.1) is 0 Å². The lowest BCUT2D eigenvalue weighted by Crippen LogP contribution is -2.45. The normalized spacial score (nSPS) is 17.3. The van der Waals surface area contributed by atoms with E-state index in [1.165, 1.54) is 0 Å². The second kappa shape index (κ2) is 4.99. The Morgan fingerprint density at radius 1 is 1.29 bits per heavy atom. The maximum atomic E-state index is 13.8. The Labute approximate surface area is 104 Å². The van der Waals surface area contributed by atoms with E-state index in [-0.39, 0.29) is 16.9 Å². The Morgan fingerprint density at radius 2 is 1.94 bits per heavy atom. The zero-order chi connectivity index (χ0) is 12.4. The van der Waals surface area contributed by atoms with Gasteiger partial charge in [0, 0.05) is 26.2 Å². The first-order valence-corrected chi connectivity index (χ1v) is 5.62. The molecule has 94 valence electrons. The standard InChI is InChI=1S/C9H14ClFN6/c1-16-2-4-17(5-3-16)8-6(11)7(10)13-9(14-8)15-12/h2-5,12H2,1H3,(H,13,14,15). The van der Waals surface area contributed by atoms with Gasteiger partial charge in [0.1, 0.15) is 0 Å². The Hall–Kier alpha value is -1.18. The first-order chi connectivity index (χ1) is 8.11. The highest BCUT2D eigenvalue weighted by Gasteiger charge is 2.21. The van der Waals surface area contributed by atoms with Gasteiger partial charge >= 0.3 is 0 Å². The molecule has 1 aromatic rings. The van der Waals surface area contributed by atoms with Crippen LogP contribution in [0.5, 0.6) is 0 Å². The van der Waals surface area contributed by atoms with Crippen LogP contribution in [0.2, 0.25) is 5.15 Å². The van der Waals surface area contributed by atoms with Gasteiger partial charge in [0.25, 0.3) is 0 Å². The van der Waals surface area contributed by atoms with Crippen molar-refractivity contribution in [3.8, 4) is 0 Å². The number of halogens is 2. The van der Waals surface area contributed by atoms with Crippen molar-refractivity contribution in [2.75, 3.05) is 43.6 Å². The van der Waals surface area contributed by atoms with Crippen LogP contribution >= 0.6 is 11.6 Å². The average Bonchev–Trinajstić information content (AvgIpc) is 2.34. The van der Waals surface area contributed by atoms with Gasteiger partial charge in [-0.15, -0.1) is 0 Å². The van der Waals surface area contributed by atoms with Crippen molar-refractivity contribution in [2.45, 2.75) is 0 Å². The quantitative estimate of drug-likeness (QED) is 0.453. The highest BCUT2D eigenvalue weighted by Crippen LogP contribution is 2.24. The molecule has 1 aromatic heterocycles. The van der Waals surface area contributed by atoms with Crippen LogP contribution < -0.4 is 16.2 Å². The number of nitrogens with two attached hydrogens (primary N) is 1. The molecule has 0 radical (unpaired) electrons. The zero-order valence-electron chi connectivity index (χ0n) is 9.45. The molecule has 0 amide bonds. The number of aromatic nitrogens is 2. The Morgan fingerprint density at radius 3 is 2.53 bits per heavy atom. The molecular formula is C9H14ClFN6. The van der Waals surface area contributed by atoms with Gasteiger partial charge < -0.3 is 9.80 Å². The predicted molar refractivity (Wildman–Crippen MR) is 64.5 cm³/mol. The molecule has 2 rings (SSSR count). The summed E-state index contributed by atoms with van der Waals surface area (Å²) in [5.41, 5.74) is 2.27. The summed E-state index contributed by atoms with van der Waals surface area (Å²) in [6.07, 6.45) is 0. The van der Waals surface area contributed by atoms with Crippen LogP contribution in [-0.4, -0.2) is 48.1 Å². The van der Waals surface area contributed by atoms with E-state index in [1.807, 2.05) is 11.9 Å². The maximum Gasteiger partial charge on any atom is 0.240 e. The number of anilines is 2. The highest BCUT2D eigenvalue weighted by molar-refractivity contribution is 6.29. The number of nitrogen functional groups attached to an aromatic ring is 1. The minimum atomic E-state index is -0.602. The number of piperazine rings is 1. The highest BCUT2D eigenvalue weighted by atomic mass is 35.5. The van der Waals surface area contributed by atoms with Gasteiger partial charge in [-0.25, -0.2) is 5.84 Å². The van der Waals surface area contributed by atoms with Crippen LogP contribution in [0.3, 0.4) is 0 Å². The van der Waals surface area contributed by atoms with E-state index < -0.39 is 5.82 Å². The minimum Gasteiger partial charge on any atom is -0.351 e. The van der Waals surface area contributed by atoms with Gasteiger partial charge in [-0.3, -0.25) is 5.43 Å². The SMILES string of the molecule is CN1CCN(c2nc(NN)nc(Cl)c2F)CC1. The molecule has 0 aromatic carbocycles. The predicted octanol–water partition coefficient (Wildman–Crippen LogP) is 0.307. The topological polar surface area (TPSA) is 70.3 Å². The molecule has 0 aliphatic carbocycles. The average molecular weight is 261 g/mol. The Balaban J connectivity index is 2.27. The number of nitrogens with one attached hydrogen (secondary N) is 1. The number of hydrogen-bond acceptors (Lipinski definition) is 6. The van der Waals surface area contributed by atoms with Gasteiger partial charge in [-0.2, -0.15) is 14.4 Å². The second-order valence-corrected chi connectivity index (χ2v) is 4.27. The van der Waals surface area contributed by atoms with E-state index in [0.717, 1.165) is 13.1 Å². The molecule has 0 saturated carbocycles. The van der Waals surface area contributed by atoms with E-state index in [9.17, 15) is 4.39 Å². The van der Waals surface area contributed by atoms with E-state index in [0.29, 0.717) is 13.1 Å². The van der Waals surface area contributed by atoms with E-state index in [2.05, 4.69) is 20.3 Å². The van der Waals surface area contributed by atoms with Crippen molar-refractivity contribution in [3.05, 3.63) is 11.0 Å². The molecule has 0 atom stereocenters. The summed E-state index contributed by atoms with van der Waals surface area (Å²) in [5, 5.41) is -0.220. The fourth-order valence-corrected chi connectivity index (χ4v) is 1.87. The molecule has 1 aliphatic heterocycles. The van der Waals surface area contributed by atoms with Gasteiger partial charge in [-0.1, -0.05) is 11.6 Å². The van der Waals surface area contributed by atoms with Gasteiger partial charge in [0.15, 0.2) is 11.0 Å². The number of hydrazine groups is 1. The van der Waals surface area contributed by atoms with E-state index in [1.54, 1.807) is 0 Å². The summed E-state index contributed by atoms with van der Waals surface area (Å²) >= 11 is 5.69. The third-order valence-electron chi connectivity index (χ3n) is 2.73. The molecule has 1 fully saturated rings. The molecule has 0 unspecified atom stereocenters. The third kappa shape index (κ3) is 2.56. The van der Waals surface area contributed by atoms with Crippen LogP contribution in [0.1, 0.15) is 0 Å². The number of rotatable bonds is 2. The lowest BCUT2D eigenvalue weighted by Gasteiger charge is -2.33. The zero-order valence-corrected chi connectivity index (χ0v) is 10.2. The molecular weight excluding hydrogens is 247 g/mol. The third-order valence-corrected chi connectivity index (χ3v) is 2.98. The molecule has 2 heterocycles. The van der Waals surface area contributed by atoms with Crippen LogP contribution in [0.4, 0.5) is 16.2 Å². The molecule has 0 bridgehead atoms. The maximum absolute atomic E-state index is 13.8. The fraction of sp³-hybridized carbons (Fsp3) is 0.556. The van der Waals surface area contributed by atoms with E-state index in [4.69, 9.17) is 17.4 Å². The number of hydrogen-bond donors (Lipinski definition) is 2. The molecule has 8 heteroatoms. The summed E-state index contributed by atoms with van der Waals surface area (Å²) in [6, 6.07) is 0. The van der Waals surface area contributed by atoms with Crippen molar-refractivity contribution in [1.29, 1.82) is 0 Å². The number of nitrogens with zero attached hydrogens (tertiary/aromatic N) is 4. The minimum absolute atomic E-state index is 0.116. The van der Waals surface area contributed by atoms with Crippen LogP contribution in [0.25, 0.3) is 0 Å². The lowest BCUT2D eigenvalue weighted by molar-refractivity contribution is 0.310. The molecule has 17 heavy (non-hydrogen) atoms. The molecule has 3 N–H and O–H groups in total. The molecule has 6 nitrogen and oxygen atoms in total. The molecule has 1 aliphatic rings. The summed E-state index contributed by atoms with van der Waals surface area (Å²) in [6.45, 7) is 3.11. The fourth-order valence-electron chi connectivity index (χ4n) is 1.70. The van der Waals surface area contributed by atoms with Gasteiger partial charge in [-0.05, 0) is 7.05 Å². The lowest BCUT2D eigenvalue weighted by atomic mass is 10.3. The summed E-state index contributed by atoms with van der Waals surface area (Å²) < 4.78 is 13.8. The largest absolute Gasteiger partial charge is 0.351 e. The Kier molecular flexibility index (Phi) is 3.60. The van der Waals surface area contributed by atoms with Crippen molar-refractivity contribution < 1.29 is 4.39 Å².